The molecule has 1 amide bonds. The van der Waals surface area contributed by atoms with Gasteiger partial charge in [0.05, 0.1) is 35.1 Å². The van der Waals surface area contributed by atoms with Crippen LogP contribution in [0.5, 0.6) is 5.75 Å². The van der Waals surface area contributed by atoms with Crippen molar-refractivity contribution in [1.82, 2.24) is 15.3 Å². The summed E-state index contributed by atoms with van der Waals surface area (Å²) in [7, 11) is 0. The van der Waals surface area contributed by atoms with Crippen LogP contribution in [0.4, 0.5) is 0 Å². The third kappa shape index (κ3) is 4.73. The SMILES string of the molecule is CC(C)C(NC(=O)CCOc1cccc(Cl)c1Cl)c1nc2ccccc2[nH]1. The van der Waals surface area contributed by atoms with Gasteiger partial charge < -0.3 is 15.0 Å². The number of amides is 1. The van der Waals surface area contributed by atoms with Crippen molar-refractivity contribution in [1.29, 1.82) is 0 Å². The van der Waals surface area contributed by atoms with Gasteiger partial charge in [-0.3, -0.25) is 4.79 Å². The van der Waals surface area contributed by atoms with E-state index in [1.54, 1.807) is 18.2 Å². The summed E-state index contributed by atoms with van der Waals surface area (Å²) in [6.07, 6.45) is 0.201. The molecule has 1 unspecified atom stereocenters. The molecule has 5 nitrogen and oxygen atoms in total. The number of aromatic nitrogens is 2. The highest BCUT2D eigenvalue weighted by Gasteiger charge is 2.21. The number of fused-ring (bicyclic) bond motifs is 1. The van der Waals surface area contributed by atoms with Gasteiger partial charge in [0.25, 0.3) is 0 Å². The molecular weight excluding hydrogens is 385 g/mol. The molecule has 0 spiro atoms. The number of hydrogen-bond donors (Lipinski definition) is 2. The topological polar surface area (TPSA) is 67.0 Å². The van der Waals surface area contributed by atoms with Gasteiger partial charge in [-0.25, -0.2) is 4.98 Å². The minimum atomic E-state index is -0.209. The standard InChI is InChI=1S/C20H21Cl2N3O2/c1-12(2)19(20-23-14-7-3-4-8-15(14)24-20)25-17(26)10-11-27-16-9-5-6-13(21)18(16)22/h3-9,12,19H,10-11H2,1-2H3,(H,23,24)(H,25,26). The summed E-state index contributed by atoms with van der Waals surface area (Å²) in [6, 6.07) is 12.7. The molecule has 2 N–H and O–H groups in total. The predicted octanol–water partition coefficient (Wildman–Crippen LogP) is 5.15. The van der Waals surface area contributed by atoms with E-state index in [9.17, 15) is 4.79 Å². The normalized spacial score (nSPS) is 12.3. The fourth-order valence-electron chi connectivity index (χ4n) is 2.77. The lowest BCUT2D eigenvalue weighted by Crippen LogP contribution is -2.33. The highest BCUT2D eigenvalue weighted by molar-refractivity contribution is 6.42. The van der Waals surface area contributed by atoms with Crippen LogP contribution in [-0.4, -0.2) is 22.5 Å². The lowest BCUT2D eigenvalue weighted by molar-refractivity contribution is -0.122. The third-order valence-electron chi connectivity index (χ3n) is 4.19. The molecule has 27 heavy (non-hydrogen) atoms. The Bertz CT molecular complexity index is 907. The lowest BCUT2D eigenvalue weighted by Gasteiger charge is -2.20. The number of aromatic amines is 1. The van der Waals surface area contributed by atoms with Crippen LogP contribution in [0.3, 0.4) is 0 Å². The van der Waals surface area contributed by atoms with E-state index in [0.29, 0.717) is 15.8 Å². The quantitative estimate of drug-likeness (QED) is 0.570. The number of ether oxygens (including phenoxy) is 1. The van der Waals surface area contributed by atoms with E-state index in [2.05, 4.69) is 15.3 Å². The number of halogens is 2. The highest BCUT2D eigenvalue weighted by Crippen LogP contribution is 2.31. The number of benzene rings is 2. The summed E-state index contributed by atoms with van der Waals surface area (Å²) in [4.78, 5) is 20.3. The summed E-state index contributed by atoms with van der Waals surface area (Å²) < 4.78 is 5.58. The van der Waals surface area contributed by atoms with Gasteiger partial charge in [0.1, 0.15) is 16.6 Å². The molecule has 0 fully saturated rings. The molecule has 7 heteroatoms. The second-order valence-corrected chi connectivity index (χ2v) is 7.36. The van der Waals surface area contributed by atoms with Gasteiger partial charge in [0.2, 0.25) is 5.91 Å². The van der Waals surface area contributed by atoms with Crippen molar-refractivity contribution in [3.05, 3.63) is 58.3 Å². The molecule has 0 saturated heterocycles. The van der Waals surface area contributed by atoms with E-state index in [0.717, 1.165) is 16.9 Å². The van der Waals surface area contributed by atoms with Gasteiger partial charge in [-0.1, -0.05) is 55.2 Å². The number of nitrogens with one attached hydrogen (secondary N) is 2. The van der Waals surface area contributed by atoms with E-state index in [-0.39, 0.29) is 30.9 Å². The van der Waals surface area contributed by atoms with Crippen LogP contribution in [0.2, 0.25) is 10.0 Å². The first-order valence-corrected chi connectivity index (χ1v) is 9.52. The van der Waals surface area contributed by atoms with Crippen LogP contribution in [-0.2, 0) is 4.79 Å². The molecule has 142 valence electrons. The van der Waals surface area contributed by atoms with Crippen molar-refractivity contribution >= 4 is 40.1 Å². The molecule has 1 aromatic heterocycles. The van der Waals surface area contributed by atoms with Crippen molar-refractivity contribution in [3.63, 3.8) is 0 Å². The van der Waals surface area contributed by atoms with E-state index in [1.165, 1.54) is 0 Å². The Hall–Kier alpha value is -2.24. The molecular formula is C20H21Cl2N3O2. The summed E-state index contributed by atoms with van der Waals surface area (Å²) in [5, 5.41) is 3.80. The first-order valence-electron chi connectivity index (χ1n) is 8.76. The smallest absolute Gasteiger partial charge is 0.224 e. The Morgan fingerprint density at radius 2 is 1.96 bits per heavy atom. The summed E-state index contributed by atoms with van der Waals surface area (Å²) in [6.45, 7) is 4.29. The number of imidazole rings is 1. The molecule has 1 atom stereocenters. The zero-order chi connectivity index (χ0) is 19.4. The number of carbonyl (C=O) groups is 1. The number of hydrogen-bond acceptors (Lipinski definition) is 3. The fraction of sp³-hybridized carbons (Fsp3) is 0.300. The Labute approximate surface area is 168 Å². The van der Waals surface area contributed by atoms with Gasteiger partial charge in [-0.2, -0.15) is 0 Å². The number of para-hydroxylation sites is 2. The van der Waals surface area contributed by atoms with E-state index in [1.807, 2.05) is 38.1 Å². The maximum atomic E-state index is 12.4. The fourth-order valence-corrected chi connectivity index (χ4v) is 3.11. The van der Waals surface area contributed by atoms with Crippen molar-refractivity contribution in [3.8, 4) is 5.75 Å². The van der Waals surface area contributed by atoms with Crippen LogP contribution in [0, 0.1) is 5.92 Å². The maximum Gasteiger partial charge on any atom is 0.224 e. The van der Waals surface area contributed by atoms with Gasteiger partial charge in [0.15, 0.2) is 0 Å². The first kappa shape index (κ1) is 19.5. The van der Waals surface area contributed by atoms with Crippen LogP contribution in [0.25, 0.3) is 11.0 Å². The van der Waals surface area contributed by atoms with E-state index in [4.69, 9.17) is 27.9 Å². The summed E-state index contributed by atoms with van der Waals surface area (Å²) in [5.41, 5.74) is 1.83. The van der Waals surface area contributed by atoms with E-state index >= 15 is 0 Å². The van der Waals surface area contributed by atoms with Crippen LogP contribution < -0.4 is 10.1 Å². The Balaban J connectivity index is 1.61. The molecule has 0 aliphatic heterocycles. The van der Waals surface area contributed by atoms with Gasteiger partial charge in [-0.05, 0) is 30.2 Å². The van der Waals surface area contributed by atoms with E-state index < -0.39 is 0 Å². The van der Waals surface area contributed by atoms with Crippen LogP contribution in [0.15, 0.2) is 42.5 Å². The van der Waals surface area contributed by atoms with Gasteiger partial charge in [-0.15, -0.1) is 0 Å². The number of rotatable bonds is 7. The molecule has 0 radical (unpaired) electrons. The van der Waals surface area contributed by atoms with Crippen molar-refractivity contribution < 1.29 is 9.53 Å². The first-order chi connectivity index (χ1) is 13.0. The minimum Gasteiger partial charge on any atom is -0.491 e. The molecule has 0 saturated carbocycles. The molecule has 0 aliphatic carbocycles. The molecule has 1 heterocycles. The third-order valence-corrected chi connectivity index (χ3v) is 4.99. The largest absolute Gasteiger partial charge is 0.491 e. The molecule has 3 aromatic rings. The Kier molecular flexibility index (Phi) is 6.24. The summed E-state index contributed by atoms with van der Waals surface area (Å²) >= 11 is 12.0. The Morgan fingerprint density at radius 1 is 1.19 bits per heavy atom. The monoisotopic (exact) mass is 405 g/mol. The second kappa shape index (κ2) is 8.63. The van der Waals surface area contributed by atoms with Gasteiger partial charge >= 0.3 is 0 Å². The molecule has 2 aromatic carbocycles. The molecule has 3 rings (SSSR count). The summed E-state index contributed by atoms with van der Waals surface area (Å²) in [5.74, 6) is 1.28. The average molecular weight is 406 g/mol. The lowest BCUT2D eigenvalue weighted by atomic mass is 10.0. The number of carbonyl (C=O) groups excluding carboxylic acids is 1. The molecule has 0 bridgehead atoms. The minimum absolute atomic E-state index is 0.118. The zero-order valence-corrected chi connectivity index (χ0v) is 16.6. The van der Waals surface area contributed by atoms with Crippen LogP contribution >= 0.6 is 23.2 Å². The number of nitrogens with zero attached hydrogens (tertiary/aromatic N) is 1. The van der Waals surface area contributed by atoms with Gasteiger partial charge in [0, 0.05) is 0 Å². The number of H-pyrrole nitrogens is 1. The van der Waals surface area contributed by atoms with Crippen molar-refractivity contribution in [2.75, 3.05) is 6.61 Å². The maximum absolute atomic E-state index is 12.4. The second-order valence-electron chi connectivity index (χ2n) is 6.58. The Morgan fingerprint density at radius 3 is 2.70 bits per heavy atom. The average Bonchev–Trinajstić information content (AvgIpc) is 3.06. The molecule has 0 aliphatic rings. The zero-order valence-electron chi connectivity index (χ0n) is 15.1. The van der Waals surface area contributed by atoms with Crippen molar-refractivity contribution in [2.24, 2.45) is 5.92 Å². The van der Waals surface area contributed by atoms with Crippen LogP contribution in [0.1, 0.15) is 32.1 Å². The van der Waals surface area contributed by atoms with Crippen molar-refractivity contribution in [2.45, 2.75) is 26.3 Å². The highest BCUT2D eigenvalue weighted by atomic mass is 35.5. The predicted molar refractivity (Wildman–Crippen MR) is 108 cm³/mol.